The van der Waals surface area contributed by atoms with Crippen LogP contribution in [-0.2, 0) is 0 Å². The Balaban J connectivity index is 2.20. The molecule has 0 fully saturated rings. The minimum absolute atomic E-state index is 0.0712. The second kappa shape index (κ2) is 6.43. The average Bonchev–Trinajstić information content (AvgIpc) is 2.77. The van der Waals surface area contributed by atoms with Crippen molar-refractivity contribution >= 4 is 33.0 Å². The highest BCUT2D eigenvalue weighted by molar-refractivity contribution is 7.21. The predicted octanol–water partition coefficient (Wildman–Crippen LogP) is 4.18. The molecule has 1 amide bonds. The first-order chi connectivity index (χ1) is 9.93. The standard InChI is InChI=1S/C16H21FN2OS/c1-4-9(2)8-10(3)19-16(20)15-14(18)13-11(17)6-5-7-12(13)21-15/h5-7,9-10H,4,8,18H2,1-3H3,(H,19,20). The van der Waals surface area contributed by atoms with E-state index >= 15 is 0 Å². The van der Waals surface area contributed by atoms with Crippen LogP contribution >= 0.6 is 11.3 Å². The van der Waals surface area contributed by atoms with Crippen LogP contribution in [-0.4, -0.2) is 11.9 Å². The first kappa shape index (κ1) is 15.8. The first-order valence-corrected chi connectivity index (χ1v) is 8.03. The third kappa shape index (κ3) is 3.35. The molecule has 21 heavy (non-hydrogen) atoms. The maximum Gasteiger partial charge on any atom is 0.263 e. The van der Waals surface area contributed by atoms with Gasteiger partial charge in [-0.25, -0.2) is 4.39 Å². The van der Waals surface area contributed by atoms with Crippen LogP contribution < -0.4 is 11.1 Å². The number of nitrogens with two attached hydrogens (primary N) is 1. The summed E-state index contributed by atoms with van der Waals surface area (Å²) in [6, 6.07) is 4.83. The molecule has 1 aromatic heterocycles. The molecule has 1 aromatic carbocycles. The summed E-state index contributed by atoms with van der Waals surface area (Å²) in [4.78, 5) is 12.7. The quantitative estimate of drug-likeness (QED) is 0.870. The number of amides is 1. The lowest BCUT2D eigenvalue weighted by atomic mass is 10.0. The Kier molecular flexibility index (Phi) is 4.83. The van der Waals surface area contributed by atoms with Gasteiger partial charge >= 0.3 is 0 Å². The number of halogens is 1. The van der Waals surface area contributed by atoms with Gasteiger partial charge in [0.1, 0.15) is 10.7 Å². The summed E-state index contributed by atoms with van der Waals surface area (Å²) < 4.78 is 14.5. The van der Waals surface area contributed by atoms with Crippen molar-refractivity contribution in [3.63, 3.8) is 0 Å². The summed E-state index contributed by atoms with van der Waals surface area (Å²) in [6.07, 6.45) is 2.00. The maximum atomic E-state index is 13.8. The molecule has 1 heterocycles. The van der Waals surface area contributed by atoms with Crippen molar-refractivity contribution < 1.29 is 9.18 Å². The lowest BCUT2D eigenvalue weighted by Crippen LogP contribution is -2.33. The number of rotatable bonds is 5. The van der Waals surface area contributed by atoms with Gasteiger partial charge in [-0.2, -0.15) is 0 Å². The number of hydrogen-bond acceptors (Lipinski definition) is 3. The van der Waals surface area contributed by atoms with Crippen molar-refractivity contribution in [2.24, 2.45) is 5.92 Å². The van der Waals surface area contributed by atoms with E-state index in [1.54, 1.807) is 12.1 Å². The summed E-state index contributed by atoms with van der Waals surface area (Å²) in [7, 11) is 0. The molecule has 2 rings (SSSR count). The minimum atomic E-state index is -0.382. The smallest absolute Gasteiger partial charge is 0.263 e. The van der Waals surface area contributed by atoms with Crippen molar-refractivity contribution in [1.29, 1.82) is 0 Å². The number of nitrogen functional groups attached to an aromatic ring is 1. The van der Waals surface area contributed by atoms with Gasteiger partial charge in [-0.1, -0.05) is 26.3 Å². The van der Waals surface area contributed by atoms with Crippen LogP contribution in [0.5, 0.6) is 0 Å². The van der Waals surface area contributed by atoms with E-state index < -0.39 is 0 Å². The topological polar surface area (TPSA) is 55.1 Å². The number of hydrogen-bond donors (Lipinski definition) is 2. The number of nitrogens with one attached hydrogen (secondary N) is 1. The molecule has 0 saturated heterocycles. The zero-order valence-electron chi connectivity index (χ0n) is 12.6. The number of thiophene rings is 1. The molecule has 2 aromatic rings. The van der Waals surface area contributed by atoms with E-state index in [4.69, 9.17) is 5.73 Å². The number of carbonyl (C=O) groups excluding carboxylic acids is 1. The van der Waals surface area contributed by atoms with Gasteiger partial charge in [-0.05, 0) is 31.4 Å². The zero-order chi connectivity index (χ0) is 15.6. The maximum absolute atomic E-state index is 13.8. The van der Waals surface area contributed by atoms with Crippen LogP contribution in [0.3, 0.4) is 0 Å². The minimum Gasteiger partial charge on any atom is -0.397 e. The van der Waals surface area contributed by atoms with Gasteiger partial charge < -0.3 is 11.1 Å². The molecule has 0 bridgehead atoms. The summed E-state index contributed by atoms with van der Waals surface area (Å²) >= 11 is 1.24. The third-order valence-electron chi connectivity index (χ3n) is 3.74. The fraction of sp³-hybridized carbons (Fsp3) is 0.438. The number of carbonyl (C=O) groups is 1. The van der Waals surface area contributed by atoms with E-state index in [-0.39, 0.29) is 23.5 Å². The molecule has 0 aliphatic rings. The molecule has 3 N–H and O–H groups in total. The largest absolute Gasteiger partial charge is 0.397 e. The first-order valence-electron chi connectivity index (χ1n) is 7.21. The van der Waals surface area contributed by atoms with Crippen LogP contribution in [0.2, 0.25) is 0 Å². The fourth-order valence-electron chi connectivity index (χ4n) is 2.42. The van der Waals surface area contributed by atoms with Crippen molar-refractivity contribution in [2.45, 2.75) is 39.7 Å². The molecule has 0 aliphatic carbocycles. The lowest BCUT2D eigenvalue weighted by molar-refractivity contribution is 0.0940. The van der Waals surface area contributed by atoms with Crippen molar-refractivity contribution in [3.05, 3.63) is 28.9 Å². The Labute approximate surface area is 128 Å². The molecule has 3 nitrogen and oxygen atoms in total. The lowest BCUT2D eigenvalue weighted by Gasteiger charge is -2.17. The summed E-state index contributed by atoms with van der Waals surface area (Å²) in [5, 5.41) is 3.30. The summed E-state index contributed by atoms with van der Waals surface area (Å²) in [5.41, 5.74) is 6.19. The van der Waals surface area contributed by atoms with E-state index in [1.165, 1.54) is 17.4 Å². The highest BCUT2D eigenvalue weighted by atomic mass is 32.1. The van der Waals surface area contributed by atoms with Gasteiger partial charge in [-0.3, -0.25) is 4.79 Å². The predicted molar refractivity (Wildman–Crippen MR) is 87.2 cm³/mol. The highest BCUT2D eigenvalue weighted by Crippen LogP contribution is 2.35. The van der Waals surface area contributed by atoms with Gasteiger partial charge in [0.25, 0.3) is 5.91 Å². The number of fused-ring (bicyclic) bond motifs is 1. The van der Waals surface area contributed by atoms with E-state index in [1.807, 2.05) is 6.92 Å². The number of benzene rings is 1. The highest BCUT2D eigenvalue weighted by Gasteiger charge is 2.20. The van der Waals surface area contributed by atoms with Crippen molar-refractivity contribution in [3.8, 4) is 0 Å². The fourth-order valence-corrected chi connectivity index (χ4v) is 3.46. The van der Waals surface area contributed by atoms with E-state index in [0.717, 1.165) is 12.8 Å². The van der Waals surface area contributed by atoms with Crippen molar-refractivity contribution in [1.82, 2.24) is 5.32 Å². The third-order valence-corrected chi connectivity index (χ3v) is 4.91. The SMILES string of the molecule is CCC(C)CC(C)NC(=O)c1sc2cccc(F)c2c1N. The Hall–Kier alpha value is -1.62. The van der Waals surface area contributed by atoms with Crippen molar-refractivity contribution in [2.75, 3.05) is 5.73 Å². The Bertz CT molecular complexity index is 653. The van der Waals surface area contributed by atoms with Gasteiger partial charge in [0, 0.05) is 10.7 Å². The second-order valence-corrected chi connectivity index (χ2v) is 6.63. The summed E-state index contributed by atoms with van der Waals surface area (Å²) in [6.45, 7) is 6.27. The second-order valence-electron chi connectivity index (χ2n) is 5.58. The monoisotopic (exact) mass is 308 g/mol. The molecule has 0 radical (unpaired) electrons. The molecule has 114 valence electrons. The molecule has 0 aliphatic heterocycles. The van der Waals surface area contributed by atoms with E-state index in [9.17, 15) is 9.18 Å². The van der Waals surface area contributed by atoms with Gasteiger partial charge in [0.15, 0.2) is 0 Å². The molecule has 0 spiro atoms. The van der Waals surface area contributed by atoms with Crippen LogP contribution in [0.15, 0.2) is 18.2 Å². The molecule has 2 atom stereocenters. The Morgan fingerprint density at radius 3 is 2.76 bits per heavy atom. The Morgan fingerprint density at radius 1 is 1.43 bits per heavy atom. The van der Waals surface area contributed by atoms with E-state index in [2.05, 4.69) is 19.2 Å². The van der Waals surface area contributed by atoms with Gasteiger partial charge in [-0.15, -0.1) is 11.3 Å². The van der Waals surface area contributed by atoms with Gasteiger partial charge in [0.05, 0.1) is 11.1 Å². The van der Waals surface area contributed by atoms with Crippen LogP contribution in [0.25, 0.3) is 10.1 Å². The molecular formula is C16H21FN2OS. The molecular weight excluding hydrogens is 287 g/mol. The van der Waals surface area contributed by atoms with Crippen LogP contribution in [0.4, 0.5) is 10.1 Å². The molecule has 5 heteroatoms. The molecule has 0 saturated carbocycles. The van der Waals surface area contributed by atoms with Crippen LogP contribution in [0, 0.1) is 11.7 Å². The van der Waals surface area contributed by atoms with Gasteiger partial charge in [0.2, 0.25) is 0 Å². The molecule has 2 unspecified atom stereocenters. The van der Waals surface area contributed by atoms with E-state index in [0.29, 0.717) is 20.9 Å². The average molecular weight is 308 g/mol. The normalized spacial score (nSPS) is 14.1. The van der Waals surface area contributed by atoms with Crippen LogP contribution in [0.1, 0.15) is 43.3 Å². The summed E-state index contributed by atoms with van der Waals surface area (Å²) in [5.74, 6) is -0.0469. The zero-order valence-corrected chi connectivity index (χ0v) is 13.4. The number of anilines is 1. The Morgan fingerprint density at radius 2 is 2.14 bits per heavy atom.